The molecule has 0 bridgehead atoms. The Kier molecular flexibility index (Phi) is 7.64. The van der Waals surface area contributed by atoms with E-state index < -0.39 is 17.7 Å². The van der Waals surface area contributed by atoms with Crippen molar-refractivity contribution in [2.24, 2.45) is 5.10 Å². The summed E-state index contributed by atoms with van der Waals surface area (Å²) in [6.07, 6.45) is 4.80. The molecule has 3 amide bonds. The van der Waals surface area contributed by atoms with E-state index in [1.54, 1.807) is 48.6 Å². The van der Waals surface area contributed by atoms with Gasteiger partial charge in [0, 0.05) is 11.9 Å². The van der Waals surface area contributed by atoms with Crippen molar-refractivity contribution in [1.82, 2.24) is 5.43 Å². The van der Waals surface area contributed by atoms with Crippen LogP contribution in [-0.4, -0.2) is 23.9 Å². The van der Waals surface area contributed by atoms with Crippen molar-refractivity contribution < 1.29 is 14.4 Å². The molecular formula is C25H22N4O3. The first-order valence-corrected chi connectivity index (χ1v) is 9.86. The lowest BCUT2D eigenvalue weighted by molar-refractivity contribution is -0.136. The molecule has 3 rings (SSSR count). The zero-order chi connectivity index (χ0) is 22.8. The molecular weight excluding hydrogens is 404 g/mol. The number of hydrazone groups is 1. The van der Waals surface area contributed by atoms with Crippen LogP contribution in [0.5, 0.6) is 0 Å². The summed E-state index contributed by atoms with van der Waals surface area (Å²) in [6, 6.07) is 23.3. The van der Waals surface area contributed by atoms with Crippen LogP contribution in [0.15, 0.2) is 90.0 Å². The minimum atomic E-state index is -0.955. The number of rotatable bonds is 6. The number of carbonyl (C=O) groups is 3. The van der Waals surface area contributed by atoms with Crippen LogP contribution in [0, 0.1) is 6.92 Å². The van der Waals surface area contributed by atoms with Gasteiger partial charge in [-0.3, -0.25) is 14.4 Å². The van der Waals surface area contributed by atoms with Crippen molar-refractivity contribution in [2.75, 3.05) is 10.6 Å². The summed E-state index contributed by atoms with van der Waals surface area (Å²) in [5.74, 6) is -2.30. The third-order valence-electron chi connectivity index (χ3n) is 4.35. The Morgan fingerprint density at radius 1 is 0.781 bits per heavy atom. The lowest BCUT2D eigenvalue weighted by Crippen LogP contribution is -2.33. The van der Waals surface area contributed by atoms with E-state index in [1.807, 2.05) is 49.4 Å². The van der Waals surface area contributed by atoms with Crippen LogP contribution in [0.2, 0.25) is 0 Å². The predicted octanol–water partition coefficient (Wildman–Crippen LogP) is 4.00. The minimum Gasteiger partial charge on any atom is -0.322 e. The molecule has 0 aliphatic carbocycles. The maximum absolute atomic E-state index is 12.6. The highest BCUT2D eigenvalue weighted by Crippen LogP contribution is 2.18. The smallest absolute Gasteiger partial charge is 0.322 e. The molecule has 7 nitrogen and oxygen atoms in total. The van der Waals surface area contributed by atoms with Gasteiger partial charge in [-0.25, -0.2) is 5.43 Å². The zero-order valence-corrected chi connectivity index (χ0v) is 17.4. The summed E-state index contributed by atoms with van der Waals surface area (Å²) in [5.41, 5.74) is 5.26. The van der Waals surface area contributed by atoms with Crippen molar-refractivity contribution in [3.8, 4) is 0 Å². The monoisotopic (exact) mass is 426 g/mol. The summed E-state index contributed by atoms with van der Waals surface area (Å²) in [6.45, 7) is 1.95. The van der Waals surface area contributed by atoms with Gasteiger partial charge in [-0.05, 0) is 42.8 Å². The van der Waals surface area contributed by atoms with Gasteiger partial charge in [0.1, 0.15) is 0 Å². The Labute approximate surface area is 185 Å². The van der Waals surface area contributed by atoms with Gasteiger partial charge < -0.3 is 10.6 Å². The first-order valence-electron chi connectivity index (χ1n) is 9.86. The summed E-state index contributed by atoms with van der Waals surface area (Å²) in [4.78, 5) is 36.9. The van der Waals surface area contributed by atoms with Gasteiger partial charge in [-0.2, -0.15) is 5.10 Å². The Balaban J connectivity index is 1.58. The fourth-order valence-corrected chi connectivity index (χ4v) is 2.71. The molecule has 0 heterocycles. The van der Waals surface area contributed by atoms with E-state index in [4.69, 9.17) is 0 Å². The van der Waals surface area contributed by atoms with Crippen molar-refractivity contribution in [2.45, 2.75) is 6.92 Å². The number of amides is 3. The molecule has 0 fully saturated rings. The van der Waals surface area contributed by atoms with Gasteiger partial charge in [0.05, 0.1) is 11.3 Å². The number of carbonyl (C=O) groups excluding carboxylic acids is 3. The van der Waals surface area contributed by atoms with Crippen LogP contribution >= 0.6 is 0 Å². The molecule has 7 heteroatoms. The van der Waals surface area contributed by atoms with Gasteiger partial charge in [-0.15, -0.1) is 0 Å². The average molecular weight is 426 g/mol. The van der Waals surface area contributed by atoms with Crippen LogP contribution < -0.4 is 16.1 Å². The second kappa shape index (κ2) is 11.0. The highest BCUT2D eigenvalue weighted by atomic mass is 16.2. The highest BCUT2D eigenvalue weighted by molar-refractivity contribution is 6.40. The minimum absolute atomic E-state index is 0.213. The fourth-order valence-electron chi connectivity index (χ4n) is 2.71. The Morgan fingerprint density at radius 2 is 1.47 bits per heavy atom. The van der Waals surface area contributed by atoms with E-state index in [9.17, 15) is 14.4 Å². The second-order valence-electron chi connectivity index (χ2n) is 6.81. The van der Waals surface area contributed by atoms with Crippen molar-refractivity contribution in [3.63, 3.8) is 0 Å². The van der Waals surface area contributed by atoms with Crippen LogP contribution in [0.1, 0.15) is 21.5 Å². The molecule has 0 saturated heterocycles. The van der Waals surface area contributed by atoms with Gasteiger partial charge in [0.15, 0.2) is 0 Å². The van der Waals surface area contributed by atoms with Crippen molar-refractivity contribution in [1.29, 1.82) is 0 Å². The van der Waals surface area contributed by atoms with Gasteiger partial charge in [0.2, 0.25) is 0 Å². The molecule has 0 aliphatic heterocycles. The number of benzene rings is 3. The molecule has 0 spiro atoms. The quantitative estimate of drug-likeness (QED) is 0.316. The van der Waals surface area contributed by atoms with Crippen LogP contribution in [0.4, 0.5) is 11.4 Å². The van der Waals surface area contributed by atoms with E-state index in [0.717, 1.165) is 11.1 Å². The molecule has 0 atom stereocenters. The van der Waals surface area contributed by atoms with E-state index >= 15 is 0 Å². The SMILES string of the molecule is Cc1ccc(NC(=O)c2ccccc2NC(=O)C(=O)N/N=C\C=C\c2ccccc2)cc1. The number of allylic oxidation sites excluding steroid dienone is 1. The zero-order valence-electron chi connectivity index (χ0n) is 17.4. The summed E-state index contributed by atoms with van der Waals surface area (Å²) >= 11 is 0. The number of aryl methyl sites for hydroxylation is 1. The first kappa shape index (κ1) is 22.2. The number of hydrogen-bond acceptors (Lipinski definition) is 4. The molecule has 32 heavy (non-hydrogen) atoms. The third-order valence-corrected chi connectivity index (χ3v) is 4.35. The largest absolute Gasteiger partial charge is 0.329 e. The lowest BCUT2D eigenvalue weighted by Gasteiger charge is -2.11. The molecule has 0 saturated carbocycles. The summed E-state index contributed by atoms with van der Waals surface area (Å²) in [7, 11) is 0. The lowest BCUT2D eigenvalue weighted by atomic mass is 10.1. The second-order valence-corrected chi connectivity index (χ2v) is 6.81. The van der Waals surface area contributed by atoms with Gasteiger partial charge in [-0.1, -0.05) is 66.2 Å². The number of para-hydroxylation sites is 1. The molecule has 3 N–H and O–H groups in total. The van der Waals surface area contributed by atoms with E-state index in [0.29, 0.717) is 5.69 Å². The number of anilines is 2. The maximum atomic E-state index is 12.6. The fraction of sp³-hybridized carbons (Fsp3) is 0.0400. The van der Waals surface area contributed by atoms with E-state index in [-0.39, 0.29) is 11.3 Å². The molecule has 160 valence electrons. The third kappa shape index (κ3) is 6.50. The molecule has 0 aliphatic rings. The molecule has 0 radical (unpaired) electrons. The Morgan fingerprint density at radius 3 is 2.22 bits per heavy atom. The molecule has 3 aromatic rings. The average Bonchev–Trinajstić information content (AvgIpc) is 2.81. The number of hydrogen-bond donors (Lipinski definition) is 3. The number of nitrogens with zero attached hydrogens (tertiary/aromatic N) is 1. The highest BCUT2D eigenvalue weighted by Gasteiger charge is 2.17. The van der Waals surface area contributed by atoms with Crippen molar-refractivity contribution >= 4 is 41.4 Å². The molecule has 0 unspecified atom stereocenters. The number of nitrogens with one attached hydrogen (secondary N) is 3. The Hall–Kier alpha value is -4.52. The van der Waals surface area contributed by atoms with Crippen LogP contribution in [0.3, 0.4) is 0 Å². The van der Waals surface area contributed by atoms with Crippen molar-refractivity contribution in [3.05, 3.63) is 102 Å². The normalized spacial score (nSPS) is 10.8. The first-order chi connectivity index (χ1) is 15.5. The van der Waals surface area contributed by atoms with E-state index in [1.165, 1.54) is 6.21 Å². The predicted molar refractivity (Wildman–Crippen MR) is 126 cm³/mol. The standard InChI is InChI=1S/C25H22N4O3/c1-18-13-15-20(16-14-18)27-23(30)21-11-5-6-12-22(21)28-24(31)25(32)29-26-17-7-10-19-8-3-2-4-9-19/h2-17H,1H3,(H,27,30)(H,28,31)(H,29,32)/b10-7+,26-17-. The van der Waals surface area contributed by atoms with Crippen LogP contribution in [-0.2, 0) is 9.59 Å². The topological polar surface area (TPSA) is 99.7 Å². The maximum Gasteiger partial charge on any atom is 0.329 e. The molecule has 0 aromatic heterocycles. The Bertz CT molecular complexity index is 1150. The summed E-state index contributed by atoms with van der Waals surface area (Å²) < 4.78 is 0. The van der Waals surface area contributed by atoms with Gasteiger partial charge in [0.25, 0.3) is 5.91 Å². The molecule has 3 aromatic carbocycles. The van der Waals surface area contributed by atoms with Crippen LogP contribution in [0.25, 0.3) is 6.08 Å². The van der Waals surface area contributed by atoms with E-state index in [2.05, 4.69) is 21.2 Å². The van der Waals surface area contributed by atoms with Gasteiger partial charge >= 0.3 is 11.8 Å². The summed E-state index contributed by atoms with van der Waals surface area (Å²) in [5, 5.41) is 8.94.